The van der Waals surface area contributed by atoms with Crippen LogP contribution in [0.25, 0.3) is 0 Å². The molecule has 0 bridgehead atoms. The largest absolute Gasteiger partial charge is 0.364 e. The van der Waals surface area contributed by atoms with Crippen molar-refractivity contribution in [2.45, 2.75) is 26.6 Å². The summed E-state index contributed by atoms with van der Waals surface area (Å²) >= 11 is 0. The summed E-state index contributed by atoms with van der Waals surface area (Å²) in [6, 6.07) is 6.24. The zero-order valence-electron chi connectivity index (χ0n) is 10.9. The summed E-state index contributed by atoms with van der Waals surface area (Å²) in [5, 5.41) is 13.1. The summed E-state index contributed by atoms with van der Waals surface area (Å²) in [5.41, 5.74) is 3.58. The van der Waals surface area contributed by atoms with E-state index in [0.29, 0.717) is 6.54 Å². The second-order valence-corrected chi connectivity index (χ2v) is 4.90. The van der Waals surface area contributed by atoms with Gasteiger partial charge >= 0.3 is 0 Å². The normalized spacial score (nSPS) is 18.7. The highest BCUT2D eigenvalue weighted by Gasteiger charge is 2.17. The van der Waals surface area contributed by atoms with Gasteiger partial charge in [-0.15, -0.1) is 0 Å². The zero-order chi connectivity index (χ0) is 13.0. The minimum absolute atomic E-state index is 0.277. The van der Waals surface area contributed by atoms with Crippen molar-refractivity contribution in [1.82, 2.24) is 5.32 Å². The van der Waals surface area contributed by atoms with Gasteiger partial charge in [0.05, 0.1) is 24.1 Å². The first-order valence-corrected chi connectivity index (χ1v) is 6.35. The molecule has 0 saturated heterocycles. The fourth-order valence-electron chi connectivity index (χ4n) is 2.17. The van der Waals surface area contributed by atoms with Crippen LogP contribution < -0.4 is 16.0 Å². The predicted molar refractivity (Wildman–Crippen MR) is 74.7 cm³/mol. The Bertz CT molecular complexity index is 421. The number of fused-ring (bicyclic) bond motifs is 1. The van der Waals surface area contributed by atoms with Crippen LogP contribution in [0, 0.1) is 10.8 Å². The Labute approximate surface area is 107 Å². The molecule has 2 unspecified atom stereocenters. The van der Waals surface area contributed by atoms with Crippen LogP contribution in [0.3, 0.4) is 0 Å². The predicted octanol–water partition coefficient (Wildman–Crippen LogP) is 2.36. The first kappa shape index (κ1) is 12.8. The van der Waals surface area contributed by atoms with Gasteiger partial charge in [-0.25, -0.2) is 0 Å². The number of hydrogen-bond donors (Lipinski definition) is 3. The number of benzene rings is 1. The molecule has 1 aliphatic rings. The van der Waals surface area contributed by atoms with Gasteiger partial charge in [-0.1, -0.05) is 24.2 Å². The molecule has 0 saturated carbocycles. The number of para-hydroxylation sites is 1. The van der Waals surface area contributed by atoms with Crippen LogP contribution in [0.5, 0.6) is 0 Å². The van der Waals surface area contributed by atoms with Crippen molar-refractivity contribution in [3.05, 3.63) is 28.7 Å². The summed E-state index contributed by atoms with van der Waals surface area (Å²) in [6.07, 6.45) is 0.277. The number of nitrogens with zero attached hydrogens (tertiary/aromatic N) is 1. The van der Waals surface area contributed by atoms with Gasteiger partial charge < -0.3 is 16.0 Å². The van der Waals surface area contributed by atoms with E-state index in [-0.39, 0.29) is 12.1 Å². The molecule has 3 N–H and O–H groups in total. The minimum Gasteiger partial charge on any atom is -0.364 e. The molecule has 2 rings (SSSR count). The third-order valence-electron chi connectivity index (χ3n) is 3.08. The number of nitrogens with one attached hydrogen (secondary N) is 3. The van der Waals surface area contributed by atoms with Gasteiger partial charge in [0.25, 0.3) is 0 Å². The molecule has 0 amide bonds. The van der Waals surface area contributed by atoms with E-state index in [1.807, 2.05) is 6.92 Å². The molecule has 5 heteroatoms. The molecule has 1 aliphatic heterocycles. The van der Waals surface area contributed by atoms with Crippen molar-refractivity contribution in [3.8, 4) is 0 Å². The molecule has 5 nitrogen and oxygen atoms in total. The van der Waals surface area contributed by atoms with Crippen LogP contribution in [0.4, 0.5) is 11.4 Å². The second kappa shape index (κ2) is 5.82. The van der Waals surface area contributed by atoms with E-state index >= 15 is 0 Å². The van der Waals surface area contributed by atoms with Crippen molar-refractivity contribution < 1.29 is 0 Å². The molecular formula is C13H20N4O. The van der Waals surface area contributed by atoms with Gasteiger partial charge in [-0.05, 0) is 31.0 Å². The molecule has 2 atom stereocenters. The first-order chi connectivity index (χ1) is 8.70. The quantitative estimate of drug-likeness (QED) is 0.676. The fraction of sp³-hybridized carbons (Fsp3) is 0.538. The van der Waals surface area contributed by atoms with Crippen molar-refractivity contribution in [2.24, 2.45) is 11.1 Å². The number of anilines is 2. The van der Waals surface area contributed by atoms with E-state index in [1.165, 1.54) is 11.3 Å². The molecule has 1 aromatic carbocycles. The van der Waals surface area contributed by atoms with Crippen molar-refractivity contribution in [1.29, 1.82) is 0 Å². The van der Waals surface area contributed by atoms with Gasteiger partial charge in [0.2, 0.25) is 0 Å². The van der Waals surface area contributed by atoms with E-state index in [1.54, 1.807) is 0 Å². The summed E-state index contributed by atoms with van der Waals surface area (Å²) in [6.45, 7) is 6.09. The molecular weight excluding hydrogens is 228 g/mol. The second-order valence-electron chi connectivity index (χ2n) is 4.90. The van der Waals surface area contributed by atoms with Crippen molar-refractivity contribution >= 4 is 11.4 Å². The van der Waals surface area contributed by atoms with Crippen LogP contribution in [0.1, 0.15) is 19.4 Å². The molecule has 1 heterocycles. The highest BCUT2D eigenvalue weighted by Crippen LogP contribution is 2.32. The average molecular weight is 248 g/mol. The molecule has 0 fully saturated rings. The van der Waals surface area contributed by atoms with Crippen LogP contribution in [-0.2, 0) is 6.54 Å². The Kier molecular flexibility index (Phi) is 4.15. The van der Waals surface area contributed by atoms with Crippen LogP contribution in [-0.4, -0.2) is 19.3 Å². The van der Waals surface area contributed by atoms with E-state index in [4.69, 9.17) is 0 Å². The molecule has 0 aromatic heterocycles. The summed E-state index contributed by atoms with van der Waals surface area (Å²) in [7, 11) is 0. The van der Waals surface area contributed by atoms with Gasteiger partial charge in [0.1, 0.15) is 0 Å². The summed E-state index contributed by atoms with van der Waals surface area (Å²) < 4.78 is 0. The minimum atomic E-state index is 0.277. The van der Waals surface area contributed by atoms with E-state index in [9.17, 15) is 4.91 Å². The smallest absolute Gasteiger partial charge is 0.0935 e. The Morgan fingerprint density at radius 3 is 3.06 bits per heavy atom. The lowest BCUT2D eigenvalue weighted by atomic mass is 10.1. The number of nitroso groups, excluding NO2 is 1. The number of rotatable bonds is 6. The molecule has 98 valence electrons. The van der Waals surface area contributed by atoms with Crippen molar-refractivity contribution in [2.75, 3.05) is 23.7 Å². The topological polar surface area (TPSA) is 65.5 Å². The summed E-state index contributed by atoms with van der Waals surface area (Å²) in [5.74, 6) is 0.282. The Hall–Kier alpha value is -1.62. The van der Waals surface area contributed by atoms with Crippen molar-refractivity contribution in [3.63, 3.8) is 0 Å². The highest BCUT2D eigenvalue weighted by atomic mass is 16.3. The Morgan fingerprint density at radius 2 is 2.28 bits per heavy atom. The average Bonchev–Trinajstić information content (AvgIpc) is 2.70. The maximum Gasteiger partial charge on any atom is 0.0935 e. The van der Waals surface area contributed by atoms with Crippen LogP contribution in [0.15, 0.2) is 23.4 Å². The van der Waals surface area contributed by atoms with Crippen LogP contribution >= 0.6 is 0 Å². The molecule has 1 aromatic rings. The third-order valence-corrected chi connectivity index (χ3v) is 3.08. The maximum absolute atomic E-state index is 10.1. The molecule has 0 radical (unpaired) electrons. The van der Waals surface area contributed by atoms with E-state index in [0.717, 1.165) is 18.8 Å². The Balaban J connectivity index is 1.91. The van der Waals surface area contributed by atoms with E-state index in [2.05, 4.69) is 46.3 Å². The lowest BCUT2D eigenvalue weighted by molar-refractivity contribution is 0.522. The van der Waals surface area contributed by atoms with Gasteiger partial charge in [-0.3, -0.25) is 0 Å². The molecule has 0 aliphatic carbocycles. The number of hydrogen-bond acceptors (Lipinski definition) is 5. The fourth-order valence-corrected chi connectivity index (χ4v) is 2.17. The lowest BCUT2D eigenvalue weighted by Gasteiger charge is -2.12. The molecule has 18 heavy (non-hydrogen) atoms. The zero-order valence-corrected chi connectivity index (χ0v) is 10.9. The third kappa shape index (κ3) is 2.98. The SMILES string of the molecule is CC(CN=O)CNCc1cccc2c1NC(C)N2. The molecule has 0 spiro atoms. The van der Waals surface area contributed by atoms with Gasteiger partial charge in [0, 0.05) is 6.54 Å². The van der Waals surface area contributed by atoms with Crippen LogP contribution in [0.2, 0.25) is 0 Å². The first-order valence-electron chi connectivity index (χ1n) is 6.35. The van der Waals surface area contributed by atoms with Gasteiger partial charge in [-0.2, -0.15) is 4.91 Å². The highest BCUT2D eigenvalue weighted by molar-refractivity contribution is 5.77. The van der Waals surface area contributed by atoms with Gasteiger partial charge in [0.15, 0.2) is 0 Å². The lowest BCUT2D eigenvalue weighted by Crippen LogP contribution is -2.23. The summed E-state index contributed by atoms with van der Waals surface area (Å²) in [4.78, 5) is 10.1. The standard InChI is InChI=1S/C13H20N4O/c1-9(7-15-18)6-14-8-11-4-3-5-12-13(11)17-10(2)16-12/h3-5,9-10,14,16-17H,6-8H2,1-2H3. The monoisotopic (exact) mass is 248 g/mol. The maximum atomic E-state index is 10.1. The van der Waals surface area contributed by atoms with E-state index < -0.39 is 0 Å². The Morgan fingerprint density at radius 1 is 1.44 bits per heavy atom.